The maximum atomic E-state index is 14.3. The number of hydrogen-bond acceptors (Lipinski definition) is 6. The second-order valence-corrected chi connectivity index (χ2v) is 12.2. The smallest absolute Gasteiger partial charge is 0.407 e. The molecule has 1 aliphatic carbocycles. The van der Waals surface area contributed by atoms with Crippen molar-refractivity contribution >= 4 is 23.2 Å². The molecule has 3 aromatic rings. The van der Waals surface area contributed by atoms with E-state index >= 15 is 0 Å². The Morgan fingerprint density at radius 2 is 1.80 bits per heavy atom. The zero-order valence-electron chi connectivity index (χ0n) is 23.1. The molecule has 1 saturated heterocycles. The molecule has 0 bridgehead atoms. The van der Waals surface area contributed by atoms with E-state index in [0.717, 1.165) is 18.4 Å². The molecule has 1 unspecified atom stereocenters. The molecule has 1 saturated carbocycles. The standard InChI is InChI=1S/C30H36N4O6S/c1-40-20-30(38)15-9-8-14-25(30)34-21-31-26(27(34)22-10-4-2-5-11-22)28(35)33-17-16-32(29(36)37)18-23(33)19-41(39)24-12-6-3-7-13-24/h2-7,10-13,21,23,25,38H,8-9,14-20H2,1H3,(H,36,37)/t23-,25+,30+,41?/m0/s1. The molecule has 2 heterocycles. The molecule has 5 rings (SSSR count). The number of aliphatic hydroxyl groups is 1. The molecule has 0 spiro atoms. The van der Waals surface area contributed by atoms with Gasteiger partial charge in [0, 0.05) is 32.3 Å². The van der Waals surface area contributed by atoms with Crippen LogP contribution in [-0.4, -0.2) is 96.9 Å². The van der Waals surface area contributed by atoms with Crippen LogP contribution in [0, 0.1) is 0 Å². The highest BCUT2D eigenvalue weighted by atomic mass is 32.2. The molecule has 2 fully saturated rings. The van der Waals surface area contributed by atoms with E-state index in [-0.39, 0.29) is 49.6 Å². The summed E-state index contributed by atoms with van der Waals surface area (Å²) in [4.78, 5) is 34.2. The van der Waals surface area contributed by atoms with E-state index in [1.807, 2.05) is 41.0 Å². The van der Waals surface area contributed by atoms with Crippen LogP contribution in [-0.2, 0) is 15.9 Å². The molecule has 2 aromatic carbocycles. The van der Waals surface area contributed by atoms with Crippen molar-refractivity contribution in [2.45, 2.75) is 48.3 Å². The predicted octanol–water partition coefficient (Wildman–Crippen LogP) is 3.65. The molecule has 1 aromatic heterocycles. The van der Waals surface area contributed by atoms with Gasteiger partial charge in [0.15, 0.2) is 10.6 Å². The van der Waals surface area contributed by atoms with Crippen LogP contribution in [0.2, 0.25) is 0 Å². The first-order chi connectivity index (χ1) is 19.8. The molecule has 2 N–H and O–H groups in total. The van der Waals surface area contributed by atoms with E-state index in [9.17, 15) is 24.4 Å². The SMILES string of the molecule is COC[C@]1(O)CCCC[C@H]1n1cnc(C(=O)N2CCN(C(=O)O)C[C@H]2C[S+]([O-])c2ccccc2)c1-c1ccccc1. The number of carbonyl (C=O) groups excluding carboxylic acids is 1. The van der Waals surface area contributed by atoms with E-state index in [1.165, 1.54) is 4.90 Å². The second kappa shape index (κ2) is 12.6. The number of piperazine rings is 1. The van der Waals surface area contributed by atoms with E-state index in [4.69, 9.17) is 4.74 Å². The Hall–Kier alpha value is -3.38. The van der Waals surface area contributed by atoms with Gasteiger partial charge in [-0.2, -0.15) is 0 Å². The van der Waals surface area contributed by atoms with Gasteiger partial charge in [0.05, 0.1) is 30.7 Å². The van der Waals surface area contributed by atoms with Crippen LogP contribution in [0.15, 0.2) is 71.9 Å². The van der Waals surface area contributed by atoms with Crippen molar-refractivity contribution in [3.8, 4) is 11.3 Å². The Kier molecular flexibility index (Phi) is 8.98. The van der Waals surface area contributed by atoms with Crippen LogP contribution in [0.5, 0.6) is 0 Å². The normalized spacial score (nSPS) is 23.8. The zero-order chi connectivity index (χ0) is 29.0. The molecule has 218 valence electrons. The lowest BCUT2D eigenvalue weighted by atomic mass is 9.80. The summed E-state index contributed by atoms with van der Waals surface area (Å²) in [6.07, 6.45) is 3.64. The van der Waals surface area contributed by atoms with Crippen molar-refractivity contribution in [3.05, 3.63) is 72.7 Å². The third-order valence-electron chi connectivity index (χ3n) is 8.10. The number of ether oxygens (including phenoxy) is 1. The van der Waals surface area contributed by atoms with Crippen LogP contribution >= 0.6 is 0 Å². The minimum atomic E-state index is -1.44. The first-order valence-electron chi connectivity index (χ1n) is 13.9. The molecule has 0 radical (unpaired) electrons. The Bertz CT molecular complexity index is 1340. The van der Waals surface area contributed by atoms with Crippen LogP contribution < -0.4 is 0 Å². The lowest BCUT2D eigenvalue weighted by molar-refractivity contribution is -0.0893. The van der Waals surface area contributed by atoms with Crippen molar-refractivity contribution in [2.75, 3.05) is 39.1 Å². The van der Waals surface area contributed by atoms with E-state index in [1.54, 1.807) is 42.6 Å². The Labute approximate surface area is 242 Å². The number of hydrogen-bond donors (Lipinski definition) is 2. The first kappa shape index (κ1) is 29.1. The Morgan fingerprint density at radius 3 is 2.49 bits per heavy atom. The summed E-state index contributed by atoms with van der Waals surface area (Å²) >= 11 is -1.44. The van der Waals surface area contributed by atoms with Crippen molar-refractivity contribution in [3.63, 3.8) is 0 Å². The summed E-state index contributed by atoms with van der Waals surface area (Å²) in [5.41, 5.74) is 0.494. The topological polar surface area (TPSA) is 131 Å². The maximum absolute atomic E-state index is 14.3. The largest absolute Gasteiger partial charge is 0.611 e. The number of aromatic nitrogens is 2. The van der Waals surface area contributed by atoms with Gasteiger partial charge in [-0.05, 0) is 36.2 Å². The molecule has 2 aliphatic rings. The predicted molar refractivity (Wildman–Crippen MR) is 154 cm³/mol. The van der Waals surface area contributed by atoms with Gasteiger partial charge in [-0.25, -0.2) is 9.78 Å². The fraction of sp³-hybridized carbons (Fsp3) is 0.433. The minimum absolute atomic E-state index is 0.0528. The van der Waals surface area contributed by atoms with Crippen LogP contribution in [0.1, 0.15) is 42.2 Å². The molecular formula is C30H36N4O6S. The van der Waals surface area contributed by atoms with Gasteiger partial charge in [-0.1, -0.05) is 61.4 Å². The van der Waals surface area contributed by atoms with E-state index in [2.05, 4.69) is 4.98 Å². The van der Waals surface area contributed by atoms with Gasteiger partial charge in [0.2, 0.25) is 0 Å². The summed E-state index contributed by atoms with van der Waals surface area (Å²) in [5.74, 6) is -0.259. The second-order valence-electron chi connectivity index (χ2n) is 10.7. The summed E-state index contributed by atoms with van der Waals surface area (Å²) < 4.78 is 20.6. The molecule has 2 amide bonds. The van der Waals surface area contributed by atoms with Crippen LogP contribution in [0.25, 0.3) is 11.3 Å². The van der Waals surface area contributed by atoms with Gasteiger partial charge in [-0.3, -0.25) is 4.79 Å². The number of benzene rings is 2. The summed E-state index contributed by atoms with van der Waals surface area (Å²) in [6.45, 7) is 0.516. The highest BCUT2D eigenvalue weighted by Gasteiger charge is 2.43. The average Bonchev–Trinajstić information content (AvgIpc) is 3.42. The minimum Gasteiger partial charge on any atom is -0.611 e. The number of carbonyl (C=O) groups is 2. The number of methoxy groups -OCH3 is 1. The van der Waals surface area contributed by atoms with Crippen molar-refractivity contribution in [1.29, 1.82) is 0 Å². The van der Waals surface area contributed by atoms with Gasteiger partial charge in [-0.15, -0.1) is 0 Å². The molecule has 11 heteroatoms. The van der Waals surface area contributed by atoms with E-state index in [0.29, 0.717) is 23.4 Å². The third kappa shape index (κ3) is 6.13. The number of imidazole rings is 1. The molecule has 41 heavy (non-hydrogen) atoms. The molecule has 10 nitrogen and oxygen atoms in total. The van der Waals surface area contributed by atoms with Gasteiger partial charge < -0.3 is 33.9 Å². The van der Waals surface area contributed by atoms with Gasteiger partial charge >= 0.3 is 6.09 Å². The van der Waals surface area contributed by atoms with Crippen molar-refractivity contribution in [2.24, 2.45) is 0 Å². The highest BCUT2D eigenvalue weighted by Crippen LogP contribution is 2.41. The summed E-state index contributed by atoms with van der Waals surface area (Å²) in [5, 5.41) is 21.3. The van der Waals surface area contributed by atoms with Gasteiger partial charge in [0.1, 0.15) is 11.4 Å². The molecule has 1 aliphatic heterocycles. The lowest BCUT2D eigenvalue weighted by Gasteiger charge is -2.41. The van der Waals surface area contributed by atoms with Crippen molar-refractivity contribution < 1.29 is 29.1 Å². The molecule has 4 atom stereocenters. The fourth-order valence-corrected chi connectivity index (χ4v) is 7.36. The number of carboxylic acid groups (broad SMARTS) is 1. The quantitative estimate of drug-likeness (QED) is 0.389. The van der Waals surface area contributed by atoms with Crippen molar-refractivity contribution in [1.82, 2.24) is 19.4 Å². The fourth-order valence-electron chi connectivity index (χ4n) is 6.07. The summed E-state index contributed by atoms with van der Waals surface area (Å²) in [7, 11) is 1.57. The zero-order valence-corrected chi connectivity index (χ0v) is 23.9. The lowest BCUT2D eigenvalue weighted by Crippen LogP contribution is -2.58. The maximum Gasteiger partial charge on any atom is 0.407 e. The number of rotatable bonds is 8. The van der Waals surface area contributed by atoms with Crippen LogP contribution in [0.3, 0.4) is 0 Å². The Balaban J connectivity index is 1.52. The average molecular weight is 581 g/mol. The van der Waals surface area contributed by atoms with E-state index < -0.39 is 28.9 Å². The number of nitrogens with zero attached hydrogens (tertiary/aromatic N) is 4. The first-order valence-corrected chi connectivity index (χ1v) is 15.2. The van der Waals surface area contributed by atoms with Gasteiger partial charge in [0.25, 0.3) is 5.91 Å². The Morgan fingerprint density at radius 1 is 1.10 bits per heavy atom. The summed E-state index contributed by atoms with van der Waals surface area (Å²) in [6, 6.07) is 17.5. The third-order valence-corrected chi connectivity index (χ3v) is 9.58. The highest BCUT2D eigenvalue weighted by molar-refractivity contribution is 7.91. The monoisotopic (exact) mass is 580 g/mol. The molecular weight excluding hydrogens is 544 g/mol. The number of amides is 2. The van der Waals surface area contributed by atoms with Crippen LogP contribution in [0.4, 0.5) is 4.79 Å².